The first-order chi connectivity index (χ1) is 8.85. The zero-order valence-electron chi connectivity index (χ0n) is 12.2. The zero-order valence-corrected chi connectivity index (χ0v) is 12.2. The lowest BCUT2D eigenvalue weighted by Crippen LogP contribution is -2.13. The molecule has 0 heterocycles. The van der Waals surface area contributed by atoms with Gasteiger partial charge < -0.3 is 9.53 Å². The van der Waals surface area contributed by atoms with Gasteiger partial charge in [0.15, 0.2) is 0 Å². The molecule has 0 saturated carbocycles. The minimum absolute atomic E-state index is 0.288. The Labute approximate surface area is 113 Å². The fourth-order valence-electron chi connectivity index (χ4n) is 2.01. The van der Waals surface area contributed by atoms with E-state index < -0.39 is 0 Å². The SMILES string of the molecule is [CH2]CC(C=O)OCCCCCCCCCCCC. The normalized spacial score (nSPS) is 12.6. The van der Waals surface area contributed by atoms with Crippen LogP contribution in [0.1, 0.15) is 77.6 Å². The Morgan fingerprint density at radius 1 is 0.944 bits per heavy atom. The van der Waals surface area contributed by atoms with Gasteiger partial charge in [-0.25, -0.2) is 0 Å². The molecule has 0 aromatic carbocycles. The second-order valence-electron chi connectivity index (χ2n) is 5.02. The number of rotatable bonds is 14. The van der Waals surface area contributed by atoms with Crippen molar-refractivity contribution in [3.8, 4) is 0 Å². The molecule has 0 fully saturated rings. The van der Waals surface area contributed by atoms with Gasteiger partial charge in [-0.1, -0.05) is 71.6 Å². The monoisotopic (exact) mass is 255 g/mol. The van der Waals surface area contributed by atoms with Crippen LogP contribution in [0.3, 0.4) is 0 Å². The van der Waals surface area contributed by atoms with Crippen molar-refractivity contribution in [1.82, 2.24) is 0 Å². The average Bonchev–Trinajstić information content (AvgIpc) is 2.40. The summed E-state index contributed by atoms with van der Waals surface area (Å²) >= 11 is 0. The molecule has 0 amide bonds. The maximum Gasteiger partial charge on any atom is 0.148 e. The summed E-state index contributed by atoms with van der Waals surface area (Å²) in [5, 5.41) is 0. The lowest BCUT2D eigenvalue weighted by molar-refractivity contribution is -0.118. The minimum atomic E-state index is -0.288. The Balaban J connectivity index is 3.05. The van der Waals surface area contributed by atoms with E-state index in [2.05, 4.69) is 13.8 Å². The fraction of sp³-hybridized carbons (Fsp3) is 0.875. The van der Waals surface area contributed by atoms with Gasteiger partial charge in [0.25, 0.3) is 0 Å². The summed E-state index contributed by atoms with van der Waals surface area (Å²) in [5.74, 6) is 0. The molecule has 1 atom stereocenters. The summed E-state index contributed by atoms with van der Waals surface area (Å²) in [4.78, 5) is 10.5. The third-order valence-corrected chi connectivity index (χ3v) is 3.27. The standard InChI is InChI=1S/C16H31O2/c1-3-5-6-7-8-9-10-11-12-13-14-18-16(4-2)15-17/h15-16H,2-14H2,1H3. The smallest absolute Gasteiger partial charge is 0.148 e. The fourth-order valence-corrected chi connectivity index (χ4v) is 2.01. The first kappa shape index (κ1) is 17.6. The van der Waals surface area contributed by atoms with E-state index in [0.717, 1.165) is 12.7 Å². The molecular formula is C16H31O2. The van der Waals surface area contributed by atoms with Crippen LogP contribution in [0, 0.1) is 6.92 Å². The Kier molecular flexibility index (Phi) is 14.4. The lowest BCUT2D eigenvalue weighted by Gasteiger charge is -2.08. The molecule has 0 rings (SSSR count). The molecule has 0 bridgehead atoms. The van der Waals surface area contributed by atoms with Gasteiger partial charge in [-0.05, 0) is 12.8 Å². The Bertz CT molecular complexity index is 168. The molecule has 0 aromatic heterocycles. The van der Waals surface area contributed by atoms with Crippen LogP contribution in [-0.4, -0.2) is 19.0 Å². The number of hydrogen-bond acceptors (Lipinski definition) is 2. The van der Waals surface area contributed by atoms with Gasteiger partial charge >= 0.3 is 0 Å². The van der Waals surface area contributed by atoms with Gasteiger partial charge in [-0.3, -0.25) is 0 Å². The first-order valence-electron chi connectivity index (χ1n) is 7.71. The van der Waals surface area contributed by atoms with E-state index in [1.54, 1.807) is 0 Å². The molecule has 1 radical (unpaired) electrons. The van der Waals surface area contributed by atoms with E-state index in [9.17, 15) is 4.79 Å². The van der Waals surface area contributed by atoms with Crippen molar-refractivity contribution in [2.75, 3.05) is 6.61 Å². The molecular weight excluding hydrogens is 224 g/mol. The summed E-state index contributed by atoms with van der Waals surface area (Å²) < 4.78 is 5.38. The maximum absolute atomic E-state index is 10.5. The second kappa shape index (κ2) is 14.7. The van der Waals surface area contributed by atoms with Crippen molar-refractivity contribution in [3.63, 3.8) is 0 Å². The van der Waals surface area contributed by atoms with Crippen LogP contribution in [0.4, 0.5) is 0 Å². The highest BCUT2D eigenvalue weighted by molar-refractivity contribution is 5.55. The number of aldehydes is 1. The van der Waals surface area contributed by atoms with Crippen molar-refractivity contribution in [2.24, 2.45) is 0 Å². The summed E-state index contributed by atoms with van der Waals surface area (Å²) in [6.45, 7) is 6.63. The molecule has 0 aliphatic carbocycles. The highest BCUT2D eigenvalue weighted by Gasteiger charge is 2.02. The molecule has 0 aromatic rings. The van der Waals surface area contributed by atoms with Gasteiger partial charge in [-0.2, -0.15) is 0 Å². The Morgan fingerprint density at radius 3 is 1.89 bits per heavy atom. The van der Waals surface area contributed by atoms with E-state index in [1.165, 1.54) is 57.8 Å². The van der Waals surface area contributed by atoms with Crippen LogP contribution in [0.25, 0.3) is 0 Å². The highest BCUT2D eigenvalue weighted by atomic mass is 16.5. The molecule has 0 aliphatic heterocycles. The number of carbonyl (C=O) groups is 1. The molecule has 1 unspecified atom stereocenters. The minimum Gasteiger partial charge on any atom is -0.371 e. The average molecular weight is 255 g/mol. The summed E-state index contributed by atoms with van der Waals surface area (Å²) in [6.07, 6.45) is 14.3. The van der Waals surface area contributed by atoms with Crippen LogP contribution in [0.15, 0.2) is 0 Å². The molecule has 2 nitrogen and oxygen atoms in total. The van der Waals surface area contributed by atoms with E-state index >= 15 is 0 Å². The van der Waals surface area contributed by atoms with Crippen LogP contribution >= 0.6 is 0 Å². The first-order valence-corrected chi connectivity index (χ1v) is 7.71. The molecule has 0 spiro atoms. The van der Waals surface area contributed by atoms with Gasteiger partial charge in [0, 0.05) is 6.61 Å². The van der Waals surface area contributed by atoms with Crippen molar-refractivity contribution in [2.45, 2.75) is 83.7 Å². The Morgan fingerprint density at radius 2 is 1.44 bits per heavy atom. The van der Waals surface area contributed by atoms with E-state index in [4.69, 9.17) is 4.74 Å². The topological polar surface area (TPSA) is 26.3 Å². The maximum atomic E-state index is 10.5. The predicted octanol–water partition coefficient (Wildman–Crippen LogP) is 4.72. The van der Waals surface area contributed by atoms with Gasteiger partial charge in [-0.15, -0.1) is 0 Å². The zero-order chi connectivity index (χ0) is 13.5. The molecule has 0 aliphatic rings. The van der Waals surface area contributed by atoms with Crippen molar-refractivity contribution in [3.05, 3.63) is 6.92 Å². The second-order valence-corrected chi connectivity index (χ2v) is 5.02. The van der Waals surface area contributed by atoms with Crippen molar-refractivity contribution in [1.29, 1.82) is 0 Å². The molecule has 2 heteroatoms. The van der Waals surface area contributed by atoms with E-state index in [0.29, 0.717) is 13.0 Å². The number of unbranched alkanes of at least 4 members (excludes halogenated alkanes) is 9. The predicted molar refractivity (Wildman–Crippen MR) is 77.6 cm³/mol. The summed E-state index contributed by atoms with van der Waals surface area (Å²) in [6, 6.07) is 0. The lowest BCUT2D eigenvalue weighted by atomic mass is 10.1. The molecule has 107 valence electrons. The van der Waals surface area contributed by atoms with Crippen LogP contribution in [-0.2, 0) is 9.53 Å². The molecule has 0 N–H and O–H groups in total. The number of hydrogen-bond donors (Lipinski definition) is 0. The highest BCUT2D eigenvalue weighted by Crippen LogP contribution is 2.10. The largest absolute Gasteiger partial charge is 0.371 e. The van der Waals surface area contributed by atoms with Crippen LogP contribution in [0.5, 0.6) is 0 Å². The van der Waals surface area contributed by atoms with Crippen LogP contribution in [0.2, 0.25) is 0 Å². The van der Waals surface area contributed by atoms with Crippen molar-refractivity contribution >= 4 is 6.29 Å². The number of ether oxygens (including phenoxy) is 1. The Hall–Kier alpha value is -0.370. The van der Waals surface area contributed by atoms with Crippen LogP contribution < -0.4 is 0 Å². The van der Waals surface area contributed by atoms with E-state index in [1.807, 2.05) is 0 Å². The third-order valence-electron chi connectivity index (χ3n) is 3.27. The molecule has 0 saturated heterocycles. The van der Waals surface area contributed by atoms with Gasteiger partial charge in [0.05, 0.1) is 0 Å². The van der Waals surface area contributed by atoms with Gasteiger partial charge in [0.1, 0.15) is 12.4 Å². The van der Waals surface area contributed by atoms with Crippen molar-refractivity contribution < 1.29 is 9.53 Å². The third kappa shape index (κ3) is 12.1. The quantitative estimate of drug-likeness (QED) is 0.332. The van der Waals surface area contributed by atoms with Gasteiger partial charge in [0.2, 0.25) is 0 Å². The summed E-state index contributed by atoms with van der Waals surface area (Å²) in [7, 11) is 0. The molecule has 18 heavy (non-hydrogen) atoms. The van der Waals surface area contributed by atoms with E-state index in [-0.39, 0.29) is 6.10 Å². The number of carbonyl (C=O) groups excluding carboxylic acids is 1. The summed E-state index contributed by atoms with van der Waals surface area (Å²) in [5.41, 5.74) is 0.